The highest BCUT2D eigenvalue weighted by Crippen LogP contribution is 2.24. The van der Waals surface area contributed by atoms with Crippen molar-refractivity contribution >= 4 is 17.5 Å². The third-order valence-electron chi connectivity index (χ3n) is 3.68. The van der Waals surface area contributed by atoms with Gasteiger partial charge in [0.15, 0.2) is 0 Å². The minimum absolute atomic E-state index is 0.125. The van der Waals surface area contributed by atoms with Crippen LogP contribution in [-0.4, -0.2) is 32.3 Å². The van der Waals surface area contributed by atoms with Crippen LogP contribution in [0.1, 0.15) is 42.5 Å². The summed E-state index contributed by atoms with van der Waals surface area (Å²) < 4.78 is 10.8. The molecule has 1 fully saturated rings. The Hall–Kier alpha value is -1.26. The molecule has 0 radical (unpaired) electrons. The Morgan fingerprint density at radius 2 is 2.14 bits per heavy atom. The van der Waals surface area contributed by atoms with Gasteiger partial charge in [-0.25, -0.2) is 0 Å². The Morgan fingerprint density at radius 3 is 2.81 bits per heavy atom. The van der Waals surface area contributed by atoms with E-state index in [4.69, 9.17) is 21.1 Å². The zero-order valence-electron chi connectivity index (χ0n) is 12.4. The highest BCUT2D eigenvalue weighted by atomic mass is 35.5. The van der Waals surface area contributed by atoms with Crippen molar-refractivity contribution in [3.8, 4) is 5.75 Å². The van der Waals surface area contributed by atoms with Gasteiger partial charge in [0.1, 0.15) is 5.75 Å². The van der Waals surface area contributed by atoms with Gasteiger partial charge in [-0.05, 0) is 37.5 Å². The average molecular weight is 312 g/mol. The minimum atomic E-state index is -0.125. The van der Waals surface area contributed by atoms with Crippen LogP contribution in [0.5, 0.6) is 5.75 Å². The zero-order chi connectivity index (χ0) is 15.1. The molecule has 0 saturated heterocycles. The van der Waals surface area contributed by atoms with E-state index in [2.05, 4.69) is 5.32 Å². The second-order valence-corrected chi connectivity index (χ2v) is 5.64. The van der Waals surface area contributed by atoms with Crippen molar-refractivity contribution < 1.29 is 14.3 Å². The van der Waals surface area contributed by atoms with Crippen molar-refractivity contribution in [1.29, 1.82) is 0 Å². The Bertz CT molecular complexity index is 473. The molecule has 1 amide bonds. The SMILES string of the molecule is COc1ccc(C(=O)NCCCOC2CCCC2)cc1Cl. The third kappa shape index (κ3) is 4.90. The van der Waals surface area contributed by atoms with Gasteiger partial charge in [0.05, 0.1) is 18.2 Å². The normalized spacial score (nSPS) is 15.1. The molecule has 4 nitrogen and oxygen atoms in total. The van der Waals surface area contributed by atoms with Gasteiger partial charge in [-0.2, -0.15) is 0 Å². The maximum atomic E-state index is 12.0. The Balaban J connectivity index is 1.68. The molecule has 1 aromatic carbocycles. The van der Waals surface area contributed by atoms with Gasteiger partial charge in [-0.15, -0.1) is 0 Å². The van der Waals surface area contributed by atoms with Crippen LogP contribution >= 0.6 is 11.6 Å². The molecular weight excluding hydrogens is 290 g/mol. The molecule has 116 valence electrons. The van der Waals surface area contributed by atoms with Crippen molar-refractivity contribution in [2.24, 2.45) is 0 Å². The fraction of sp³-hybridized carbons (Fsp3) is 0.562. The third-order valence-corrected chi connectivity index (χ3v) is 3.97. The van der Waals surface area contributed by atoms with Crippen molar-refractivity contribution in [2.75, 3.05) is 20.3 Å². The molecule has 5 heteroatoms. The molecule has 21 heavy (non-hydrogen) atoms. The number of hydrogen-bond donors (Lipinski definition) is 1. The first-order valence-corrected chi connectivity index (χ1v) is 7.82. The quantitative estimate of drug-likeness (QED) is 0.785. The van der Waals surface area contributed by atoms with Gasteiger partial charge in [0.2, 0.25) is 0 Å². The molecule has 1 aromatic rings. The van der Waals surface area contributed by atoms with Crippen molar-refractivity contribution in [1.82, 2.24) is 5.32 Å². The van der Waals surface area contributed by atoms with E-state index in [0.717, 1.165) is 6.42 Å². The summed E-state index contributed by atoms with van der Waals surface area (Å²) in [4.78, 5) is 12.0. The first-order valence-electron chi connectivity index (χ1n) is 7.44. The van der Waals surface area contributed by atoms with Crippen LogP contribution in [-0.2, 0) is 4.74 Å². The number of nitrogens with one attached hydrogen (secondary N) is 1. The molecule has 0 bridgehead atoms. The summed E-state index contributed by atoms with van der Waals surface area (Å²) in [5.41, 5.74) is 0.539. The molecule has 0 spiro atoms. The summed E-state index contributed by atoms with van der Waals surface area (Å²) in [5, 5.41) is 3.31. The van der Waals surface area contributed by atoms with Crippen molar-refractivity contribution in [2.45, 2.75) is 38.2 Å². The van der Waals surface area contributed by atoms with Crippen LogP contribution < -0.4 is 10.1 Å². The Labute approximate surface area is 130 Å². The monoisotopic (exact) mass is 311 g/mol. The lowest BCUT2D eigenvalue weighted by molar-refractivity contribution is 0.0565. The number of carbonyl (C=O) groups is 1. The molecule has 0 aliphatic heterocycles. The summed E-state index contributed by atoms with van der Waals surface area (Å²) in [5.74, 6) is 0.443. The highest BCUT2D eigenvalue weighted by molar-refractivity contribution is 6.32. The highest BCUT2D eigenvalue weighted by Gasteiger charge is 2.14. The molecule has 1 N–H and O–H groups in total. The number of halogens is 1. The molecule has 0 unspecified atom stereocenters. The van der Waals surface area contributed by atoms with Gasteiger partial charge in [-0.3, -0.25) is 4.79 Å². The van der Waals surface area contributed by atoms with Crippen LogP contribution in [0.3, 0.4) is 0 Å². The first-order chi connectivity index (χ1) is 10.2. The standard InChI is InChI=1S/C16H22ClNO3/c1-20-15-8-7-12(11-14(15)17)16(19)18-9-4-10-21-13-5-2-3-6-13/h7-8,11,13H,2-6,9-10H2,1H3,(H,18,19). The maximum Gasteiger partial charge on any atom is 0.251 e. The Kier molecular flexibility index (Phi) is 6.33. The summed E-state index contributed by atoms with van der Waals surface area (Å²) >= 11 is 6.01. The second kappa shape index (κ2) is 8.25. The van der Waals surface area contributed by atoms with E-state index in [9.17, 15) is 4.79 Å². The molecule has 2 rings (SSSR count). The van der Waals surface area contributed by atoms with Gasteiger partial charge in [0.25, 0.3) is 5.91 Å². The van der Waals surface area contributed by atoms with Crippen LogP contribution in [0.4, 0.5) is 0 Å². The topological polar surface area (TPSA) is 47.6 Å². The molecule has 1 aliphatic rings. The lowest BCUT2D eigenvalue weighted by Gasteiger charge is -2.11. The fourth-order valence-electron chi connectivity index (χ4n) is 2.49. The van der Waals surface area contributed by atoms with Crippen LogP contribution in [0, 0.1) is 0 Å². The molecule has 1 aliphatic carbocycles. The van der Waals surface area contributed by atoms with Gasteiger partial charge < -0.3 is 14.8 Å². The van der Waals surface area contributed by atoms with E-state index in [1.807, 2.05) is 0 Å². The minimum Gasteiger partial charge on any atom is -0.495 e. The number of methoxy groups -OCH3 is 1. The van der Waals surface area contributed by atoms with E-state index in [0.29, 0.717) is 35.6 Å². The second-order valence-electron chi connectivity index (χ2n) is 5.24. The van der Waals surface area contributed by atoms with Crippen molar-refractivity contribution in [3.05, 3.63) is 28.8 Å². The maximum absolute atomic E-state index is 12.0. The summed E-state index contributed by atoms with van der Waals surface area (Å²) in [6, 6.07) is 5.01. The predicted molar refractivity (Wildman–Crippen MR) is 83.2 cm³/mol. The molecule has 0 atom stereocenters. The van der Waals surface area contributed by atoms with E-state index in [-0.39, 0.29) is 5.91 Å². The molecule has 1 saturated carbocycles. The summed E-state index contributed by atoms with van der Waals surface area (Å²) in [6.07, 6.45) is 6.17. The number of benzene rings is 1. The molecular formula is C16H22ClNO3. The van der Waals surface area contributed by atoms with Gasteiger partial charge in [-0.1, -0.05) is 24.4 Å². The van der Waals surface area contributed by atoms with E-state index >= 15 is 0 Å². The van der Waals surface area contributed by atoms with Crippen LogP contribution in [0.25, 0.3) is 0 Å². The summed E-state index contributed by atoms with van der Waals surface area (Å²) in [7, 11) is 1.55. The summed E-state index contributed by atoms with van der Waals surface area (Å²) in [6.45, 7) is 1.31. The fourth-order valence-corrected chi connectivity index (χ4v) is 2.75. The van der Waals surface area contributed by atoms with Crippen LogP contribution in [0.2, 0.25) is 5.02 Å². The number of ether oxygens (including phenoxy) is 2. The number of hydrogen-bond acceptors (Lipinski definition) is 3. The smallest absolute Gasteiger partial charge is 0.251 e. The lowest BCUT2D eigenvalue weighted by atomic mass is 10.2. The first kappa shape index (κ1) is 16.1. The van der Waals surface area contributed by atoms with E-state index in [1.165, 1.54) is 25.7 Å². The largest absolute Gasteiger partial charge is 0.495 e. The van der Waals surface area contributed by atoms with E-state index in [1.54, 1.807) is 25.3 Å². The number of amides is 1. The van der Waals surface area contributed by atoms with E-state index < -0.39 is 0 Å². The van der Waals surface area contributed by atoms with Crippen molar-refractivity contribution in [3.63, 3.8) is 0 Å². The number of rotatable bonds is 7. The molecule has 0 heterocycles. The number of carbonyl (C=O) groups excluding carboxylic acids is 1. The van der Waals surface area contributed by atoms with Crippen LogP contribution in [0.15, 0.2) is 18.2 Å². The van der Waals surface area contributed by atoms with Gasteiger partial charge in [0, 0.05) is 18.7 Å². The molecule has 0 aromatic heterocycles. The zero-order valence-corrected chi connectivity index (χ0v) is 13.1. The lowest BCUT2D eigenvalue weighted by Crippen LogP contribution is -2.25. The van der Waals surface area contributed by atoms with Gasteiger partial charge >= 0.3 is 0 Å². The Morgan fingerprint density at radius 1 is 1.38 bits per heavy atom. The predicted octanol–water partition coefficient (Wildman–Crippen LogP) is 3.43. The average Bonchev–Trinajstić information content (AvgIpc) is 3.00.